The maximum Gasteiger partial charge on any atom is 0.450 e. The van der Waals surface area contributed by atoms with Crippen molar-refractivity contribution < 1.29 is 18.0 Å². The van der Waals surface area contributed by atoms with E-state index in [1.807, 2.05) is 0 Å². The molecule has 0 atom stereocenters. The molecule has 15 heavy (non-hydrogen) atoms. The van der Waals surface area contributed by atoms with Gasteiger partial charge in [0.1, 0.15) is 5.15 Å². The largest absolute Gasteiger partial charge is 0.450 e. The van der Waals surface area contributed by atoms with Crippen LogP contribution in [0.4, 0.5) is 13.2 Å². The maximum atomic E-state index is 11.9. The number of hydrogen-bond donors (Lipinski definition) is 0. The number of Topliss-reactive ketones (excluding diaryl/α,β-unsaturated/α-hetero) is 1. The minimum atomic E-state index is -4.83. The molecule has 0 spiro atoms. The molecular weight excluding hydrogens is 231 g/mol. The number of halogens is 4. The van der Waals surface area contributed by atoms with Crippen LogP contribution in [0.1, 0.15) is 11.3 Å². The molecule has 0 fully saturated rings. The molecule has 0 aromatic carbocycles. The van der Waals surface area contributed by atoms with Gasteiger partial charge < -0.3 is 0 Å². The first-order chi connectivity index (χ1) is 6.80. The van der Waals surface area contributed by atoms with Crippen molar-refractivity contribution in [3.8, 4) is 0 Å². The SMILES string of the molecule is Cc1ccc(CC(=O)C(F)(F)F)c(Cl)n1. The van der Waals surface area contributed by atoms with Gasteiger partial charge in [0.05, 0.1) is 0 Å². The molecule has 0 aliphatic carbocycles. The lowest BCUT2D eigenvalue weighted by Crippen LogP contribution is -2.24. The predicted molar refractivity (Wildman–Crippen MR) is 48.8 cm³/mol. The van der Waals surface area contributed by atoms with Gasteiger partial charge in [-0.3, -0.25) is 4.79 Å². The number of aryl methyl sites for hydroxylation is 1. The van der Waals surface area contributed by atoms with E-state index in [-0.39, 0.29) is 10.7 Å². The van der Waals surface area contributed by atoms with Crippen LogP contribution in [0.3, 0.4) is 0 Å². The summed E-state index contributed by atoms with van der Waals surface area (Å²) in [5.74, 6) is -1.82. The fourth-order valence-electron chi connectivity index (χ4n) is 0.959. The van der Waals surface area contributed by atoms with Crippen molar-refractivity contribution in [1.82, 2.24) is 4.98 Å². The van der Waals surface area contributed by atoms with Crippen molar-refractivity contribution in [3.05, 3.63) is 28.5 Å². The fraction of sp³-hybridized carbons (Fsp3) is 0.333. The molecule has 1 aromatic heterocycles. The standard InChI is InChI=1S/C9H7ClF3NO/c1-5-2-3-6(8(10)14-5)4-7(15)9(11,12)13/h2-3H,4H2,1H3. The van der Waals surface area contributed by atoms with Crippen LogP contribution in [0.5, 0.6) is 0 Å². The number of carbonyl (C=O) groups excluding carboxylic acids is 1. The average Bonchev–Trinajstić information content (AvgIpc) is 2.08. The molecule has 0 aliphatic heterocycles. The van der Waals surface area contributed by atoms with Gasteiger partial charge in [-0.2, -0.15) is 13.2 Å². The van der Waals surface area contributed by atoms with Gasteiger partial charge in [0.15, 0.2) is 0 Å². The lowest BCUT2D eigenvalue weighted by Gasteiger charge is -2.06. The summed E-state index contributed by atoms with van der Waals surface area (Å²) in [6.45, 7) is 1.65. The Morgan fingerprint density at radius 2 is 2.07 bits per heavy atom. The van der Waals surface area contributed by atoms with Crippen molar-refractivity contribution in [2.24, 2.45) is 0 Å². The van der Waals surface area contributed by atoms with Crippen LogP contribution in [0, 0.1) is 6.92 Å². The monoisotopic (exact) mass is 237 g/mol. The second-order valence-corrected chi connectivity index (χ2v) is 3.36. The number of rotatable bonds is 2. The Bertz CT molecular complexity index is 389. The highest BCUT2D eigenvalue weighted by atomic mass is 35.5. The normalized spacial score (nSPS) is 11.5. The maximum absolute atomic E-state index is 11.9. The second kappa shape index (κ2) is 4.18. The van der Waals surface area contributed by atoms with Crippen molar-refractivity contribution in [3.63, 3.8) is 0 Å². The summed E-state index contributed by atoms with van der Waals surface area (Å²) in [7, 11) is 0. The Labute approximate surface area is 89.1 Å². The van der Waals surface area contributed by atoms with Gasteiger partial charge in [0.2, 0.25) is 5.78 Å². The lowest BCUT2D eigenvalue weighted by molar-refractivity contribution is -0.170. The Balaban J connectivity index is 2.87. The number of aromatic nitrogens is 1. The van der Waals surface area contributed by atoms with Gasteiger partial charge >= 0.3 is 6.18 Å². The topological polar surface area (TPSA) is 30.0 Å². The third-order valence-corrected chi connectivity index (χ3v) is 2.06. The highest BCUT2D eigenvalue weighted by Gasteiger charge is 2.38. The van der Waals surface area contributed by atoms with Crippen molar-refractivity contribution in [1.29, 1.82) is 0 Å². The molecule has 0 N–H and O–H groups in total. The van der Waals surface area contributed by atoms with Gasteiger partial charge in [0.25, 0.3) is 0 Å². The van der Waals surface area contributed by atoms with Gasteiger partial charge in [-0.25, -0.2) is 4.98 Å². The zero-order valence-electron chi connectivity index (χ0n) is 7.73. The van der Waals surface area contributed by atoms with Crippen LogP contribution in [0.25, 0.3) is 0 Å². The van der Waals surface area contributed by atoms with Gasteiger partial charge in [-0.1, -0.05) is 17.7 Å². The van der Waals surface area contributed by atoms with E-state index < -0.39 is 18.4 Å². The Hall–Kier alpha value is -1.10. The van der Waals surface area contributed by atoms with E-state index in [0.717, 1.165) is 0 Å². The number of hydrogen-bond acceptors (Lipinski definition) is 2. The van der Waals surface area contributed by atoms with Gasteiger partial charge in [0, 0.05) is 12.1 Å². The van der Waals surface area contributed by atoms with E-state index in [1.165, 1.54) is 12.1 Å². The first-order valence-electron chi connectivity index (χ1n) is 4.03. The number of pyridine rings is 1. The Kier molecular flexibility index (Phi) is 3.34. The molecule has 1 rings (SSSR count). The van der Waals surface area contributed by atoms with E-state index in [1.54, 1.807) is 6.92 Å². The number of carbonyl (C=O) groups is 1. The second-order valence-electron chi connectivity index (χ2n) is 3.00. The van der Waals surface area contributed by atoms with Gasteiger partial charge in [-0.05, 0) is 18.6 Å². The van der Waals surface area contributed by atoms with Crippen LogP contribution < -0.4 is 0 Å². The molecule has 6 heteroatoms. The summed E-state index contributed by atoms with van der Waals surface area (Å²) in [5, 5.41) is -0.0624. The molecule has 0 aliphatic rings. The molecule has 0 saturated heterocycles. The zero-order valence-corrected chi connectivity index (χ0v) is 8.49. The smallest absolute Gasteiger partial charge is 0.289 e. The highest BCUT2D eigenvalue weighted by molar-refractivity contribution is 6.30. The molecule has 2 nitrogen and oxygen atoms in total. The van der Waals surface area contributed by atoms with E-state index in [9.17, 15) is 18.0 Å². The molecule has 1 heterocycles. The molecule has 0 amide bonds. The fourth-order valence-corrected chi connectivity index (χ4v) is 1.22. The summed E-state index contributed by atoms with van der Waals surface area (Å²) < 4.78 is 35.8. The van der Waals surface area contributed by atoms with Crippen molar-refractivity contribution in [2.45, 2.75) is 19.5 Å². The molecule has 1 aromatic rings. The summed E-state index contributed by atoms with van der Waals surface area (Å²) >= 11 is 5.59. The third-order valence-electron chi connectivity index (χ3n) is 1.73. The summed E-state index contributed by atoms with van der Waals surface area (Å²) in [4.78, 5) is 14.4. The van der Waals surface area contributed by atoms with Crippen LogP contribution in [-0.2, 0) is 11.2 Å². The molecule has 0 saturated carbocycles. The van der Waals surface area contributed by atoms with E-state index >= 15 is 0 Å². The highest BCUT2D eigenvalue weighted by Crippen LogP contribution is 2.21. The van der Waals surface area contributed by atoms with Crippen LogP contribution in [-0.4, -0.2) is 16.9 Å². The van der Waals surface area contributed by atoms with Crippen molar-refractivity contribution in [2.75, 3.05) is 0 Å². The lowest BCUT2D eigenvalue weighted by atomic mass is 10.1. The number of nitrogens with zero attached hydrogens (tertiary/aromatic N) is 1. The first kappa shape index (κ1) is 12.0. The zero-order chi connectivity index (χ0) is 11.6. The predicted octanol–water partition coefficient (Wildman–Crippen LogP) is 2.72. The molecule has 0 unspecified atom stereocenters. The molecule has 0 radical (unpaired) electrons. The number of alkyl halides is 3. The third kappa shape index (κ3) is 3.20. The average molecular weight is 238 g/mol. The van der Waals surface area contributed by atoms with Gasteiger partial charge in [-0.15, -0.1) is 0 Å². The minimum Gasteiger partial charge on any atom is -0.289 e. The van der Waals surface area contributed by atoms with E-state index in [2.05, 4.69) is 4.98 Å². The summed E-state index contributed by atoms with van der Waals surface area (Å²) in [5.41, 5.74) is 0.674. The minimum absolute atomic E-state index is 0.0624. The molecule has 0 bridgehead atoms. The Morgan fingerprint density at radius 3 is 2.53 bits per heavy atom. The summed E-state index contributed by atoms with van der Waals surface area (Å²) in [6, 6.07) is 2.87. The summed E-state index contributed by atoms with van der Waals surface area (Å²) in [6.07, 6.45) is -5.59. The van der Waals surface area contributed by atoms with E-state index in [4.69, 9.17) is 11.6 Å². The quantitative estimate of drug-likeness (QED) is 0.741. The number of ketones is 1. The first-order valence-corrected chi connectivity index (χ1v) is 4.40. The molecule has 82 valence electrons. The van der Waals surface area contributed by atoms with E-state index in [0.29, 0.717) is 5.69 Å². The molecular formula is C9H7ClF3NO. The van der Waals surface area contributed by atoms with Crippen LogP contribution in [0.15, 0.2) is 12.1 Å². The van der Waals surface area contributed by atoms with Crippen molar-refractivity contribution >= 4 is 17.4 Å². The van der Waals surface area contributed by atoms with Crippen LogP contribution in [0.2, 0.25) is 5.15 Å². The van der Waals surface area contributed by atoms with Crippen LogP contribution >= 0.6 is 11.6 Å². The Morgan fingerprint density at radius 1 is 1.47 bits per heavy atom.